The predicted molar refractivity (Wildman–Crippen MR) is 74.9 cm³/mol. The molecule has 1 unspecified atom stereocenters. The quantitative estimate of drug-likeness (QED) is 0.735. The van der Waals surface area contributed by atoms with Crippen molar-refractivity contribution in [3.8, 4) is 5.75 Å². The van der Waals surface area contributed by atoms with E-state index >= 15 is 0 Å². The monoisotopic (exact) mass is 265 g/mol. The van der Waals surface area contributed by atoms with E-state index in [-0.39, 0.29) is 24.6 Å². The smallest absolute Gasteiger partial charge is 0.224 e. The lowest BCUT2D eigenvalue weighted by Gasteiger charge is -2.25. The van der Waals surface area contributed by atoms with Crippen LogP contribution in [-0.4, -0.2) is 28.3 Å². The molecule has 1 amide bonds. The molecule has 0 spiro atoms. The molecule has 3 N–H and O–H groups in total. The second-order valence-corrected chi connectivity index (χ2v) is 5.72. The van der Waals surface area contributed by atoms with E-state index in [0.717, 1.165) is 5.56 Å². The Balaban J connectivity index is 2.44. The van der Waals surface area contributed by atoms with Crippen molar-refractivity contribution in [2.75, 3.05) is 6.54 Å². The van der Waals surface area contributed by atoms with Crippen molar-refractivity contribution >= 4 is 5.91 Å². The normalized spacial score (nSPS) is 14.2. The van der Waals surface area contributed by atoms with Gasteiger partial charge in [0.15, 0.2) is 0 Å². The van der Waals surface area contributed by atoms with Crippen molar-refractivity contribution in [1.29, 1.82) is 0 Å². The Labute approximate surface area is 114 Å². The van der Waals surface area contributed by atoms with Gasteiger partial charge in [0.25, 0.3) is 0 Å². The van der Waals surface area contributed by atoms with Crippen LogP contribution in [0.3, 0.4) is 0 Å². The summed E-state index contributed by atoms with van der Waals surface area (Å²) < 4.78 is 0. The van der Waals surface area contributed by atoms with Crippen molar-refractivity contribution in [2.45, 2.75) is 39.2 Å². The van der Waals surface area contributed by atoms with Crippen LogP contribution in [0, 0.1) is 5.92 Å². The number of hydrogen-bond donors (Lipinski definition) is 3. The first-order valence-corrected chi connectivity index (χ1v) is 6.55. The molecule has 1 aromatic carbocycles. The summed E-state index contributed by atoms with van der Waals surface area (Å²) in [5, 5.41) is 22.1. The third-order valence-corrected chi connectivity index (χ3v) is 2.79. The maximum atomic E-state index is 11.8. The minimum Gasteiger partial charge on any atom is -0.508 e. The van der Waals surface area contributed by atoms with Gasteiger partial charge in [-0.25, -0.2) is 0 Å². The molecule has 106 valence electrons. The molecule has 0 aliphatic heterocycles. The third kappa shape index (κ3) is 6.25. The summed E-state index contributed by atoms with van der Waals surface area (Å²) in [6, 6.07) is 6.61. The summed E-state index contributed by atoms with van der Waals surface area (Å²) in [6.45, 7) is 6.02. The van der Waals surface area contributed by atoms with Gasteiger partial charge in [0.05, 0.1) is 12.0 Å². The fourth-order valence-electron chi connectivity index (χ4n) is 2.15. The highest BCUT2D eigenvalue weighted by Gasteiger charge is 2.22. The zero-order valence-electron chi connectivity index (χ0n) is 11.8. The molecule has 4 heteroatoms. The average Bonchev–Trinajstić information content (AvgIpc) is 2.25. The first-order valence-electron chi connectivity index (χ1n) is 6.55. The number of aliphatic hydroxyl groups is 1. The number of phenols is 1. The summed E-state index contributed by atoms with van der Waals surface area (Å²) in [5.41, 5.74) is -0.135. The minimum atomic E-state index is -0.886. The molecule has 0 aromatic heterocycles. The molecule has 1 atom stereocenters. The molecule has 1 aromatic rings. The fraction of sp³-hybridized carbons (Fsp3) is 0.533. The van der Waals surface area contributed by atoms with Gasteiger partial charge in [-0.2, -0.15) is 0 Å². The Morgan fingerprint density at radius 2 is 2.11 bits per heavy atom. The number of rotatable bonds is 6. The lowest BCUT2D eigenvalue weighted by molar-refractivity contribution is -0.121. The Kier molecular flexibility index (Phi) is 5.36. The number of nitrogens with one attached hydrogen (secondary N) is 1. The van der Waals surface area contributed by atoms with E-state index in [1.165, 1.54) is 0 Å². The van der Waals surface area contributed by atoms with Gasteiger partial charge < -0.3 is 15.5 Å². The zero-order valence-corrected chi connectivity index (χ0v) is 11.8. The van der Waals surface area contributed by atoms with Gasteiger partial charge in [-0.1, -0.05) is 26.0 Å². The van der Waals surface area contributed by atoms with Crippen LogP contribution < -0.4 is 5.32 Å². The van der Waals surface area contributed by atoms with E-state index < -0.39 is 5.60 Å². The summed E-state index contributed by atoms with van der Waals surface area (Å²) >= 11 is 0. The Bertz CT molecular complexity index is 427. The second kappa shape index (κ2) is 6.57. The van der Waals surface area contributed by atoms with Crippen LogP contribution in [0.2, 0.25) is 0 Å². The minimum absolute atomic E-state index is 0.150. The number of carbonyl (C=O) groups excluding carboxylic acids is 1. The van der Waals surface area contributed by atoms with Crippen LogP contribution in [0.5, 0.6) is 5.75 Å². The summed E-state index contributed by atoms with van der Waals surface area (Å²) in [5.74, 6) is 0.365. The molecular formula is C15H23NO3. The van der Waals surface area contributed by atoms with Crippen molar-refractivity contribution in [3.63, 3.8) is 0 Å². The number of carbonyl (C=O) groups is 1. The van der Waals surface area contributed by atoms with Crippen LogP contribution in [-0.2, 0) is 11.2 Å². The van der Waals surface area contributed by atoms with Crippen LogP contribution >= 0.6 is 0 Å². The number of benzene rings is 1. The first kappa shape index (κ1) is 15.5. The fourth-order valence-corrected chi connectivity index (χ4v) is 2.15. The van der Waals surface area contributed by atoms with Crippen LogP contribution in [0.25, 0.3) is 0 Å². The Morgan fingerprint density at radius 1 is 1.42 bits per heavy atom. The lowest BCUT2D eigenvalue weighted by Crippen LogP contribution is -2.42. The Hall–Kier alpha value is -1.55. The largest absolute Gasteiger partial charge is 0.508 e. The molecule has 19 heavy (non-hydrogen) atoms. The molecule has 0 aliphatic carbocycles. The molecule has 0 heterocycles. The van der Waals surface area contributed by atoms with Gasteiger partial charge in [-0.3, -0.25) is 4.79 Å². The molecule has 0 fully saturated rings. The standard InChI is InChI=1S/C15H23NO3/c1-11(2)9-15(3,19)10-16-14(18)8-12-5-4-6-13(17)7-12/h4-7,11,17,19H,8-10H2,1-3H3,(H,16,18). The molecule has 4 nitrogen and oxygen atoms in total. The molecular weight excluding hydrogens is 242 g/mol. The number of amides is 1. The van der Waals surface area contributed by atoms with Gasteiger partial charge >= 0.3 is 0 Å². The zero-order chi connectivity index (χ0) is 14.5. The summed E-state index contributed by atoms with van der Waals surface area (Å²) in [4.78, 5) is 11.8. The van der Waals surface area contributed by atoms with E-state index in [1.54, 1.807) is 31.2 Å². The van der Waals surface area contributed by atoms with E-state index in [1.807, 2.05) is 13.8 Å². The molecule has 0 bridgehead atoms. The molecule has 0 radical (unpaired) electrons. The topological polar surface area (TPSA) is 69.6 Å². The molecule has 0 saturated heterocycles. The Morgan fingerprint density at radius 3 is 2.68 bits per heavy atom. The average molecular weight is 265 g/mol. The highest BCUT2D eigenvalue weighted by molar-refractivity contribution is 5.78. The maximum absolute atomic E-state index is 11.8. The van der Waals surface area contributed by atoms with Crippen LogP contribution in [0.15, 0.2) is 24.3 Å². The van der Waals surface area contributed by atoms with Gasteiger partial charge in [0.2, 0.25) is 5.91 Å². The third-order valence-electron chi connectivity index (χ3n) is 2.79. The first-order chi connectivity index (χ1) is 8.78. The van der Waals surface area contributed by atoms with Crippen molar-refractivity contribution < 1.29 is 15.0 Å². The van der Waals surface area contributed by atoms with Gasteiger partial charge in [0.1, 0.15) is 5.75 Å². The predicted octanol–water partition coefficient (Wildman–Crippen LogP) is 1.85. The van der Waals surface area contributed by atoms with Gasteiger partial charge in [-0.15, -0.1) is 0 Å². The second-order valence-electron chi connectivity index (χ2n) is 5.72. The van der Waals surface area contributed by atoms with Crippen molar-refractivity contribution in [2.24, 2.45) is 5.92 Å². The van der Waals surface area contributed by atoms with Crippen LogP contribution in [0.1, 0.15) is 32.8 Å². The lowest BCUT2D eigenvalue weighted by atomic mass is 9.94. The molecule has 0 aliphatic rings. The summed E-state index contributed by atoms with van der Waals surface area (Å²) in [6.07, 6.45) is 0.839. The maximum Gasteiger partial charge on any atom is 0.224 e. The van der Waals surface area contributed by atoms with E-state index in [4.69, 9.17) is 0 Å². The molecule has 0 saturated carbocycles. The van der Waals surface area contributed by atoms with E-state index in [2.05, 4.69) is 5.32 Å². The molecule has 1 rings (SSSR count). The van der Waals surface area contributed by atoms with Crippen molar-refractivity contribution in [3.05, 3.63) is 29.8 Å². The number of hydrogen-bond acceptors (Lipinski definition) is 3. The van der Waals surface area contributed by atoms with E-state index in [9.17, 15) is 15.0 Å². The number of aromatic hydroxyl groups is 1. The van der Waals surface area contributed by atoms with Crippen molar-refractivity contribution in [1.82, 2.24) is 5.32 Å². The number of phenolic OH excluding ortho intramolecular Hbond substituents is 1. The summed E-state index contributed by atoms with van der Waals surface area (Å²) in [7, 11) is 0. The van der Waals surface area contributed by atoms with Gasteiger partial charge in [-0.05, 0) is 37.0 Å². The highest BCUT2D eigenvalue weighted by atomic mass is 16.3. The highest BCUT2D eigenvalue weighted by Crippen LogP contribution is 2.15. The SMILES string of the molecule is CC(C)CC(C)(O)CNC(=O)Cc1cccc(O)c1. The van der Waals surface area contributed by atoms with Gasteiger partial charge in [0, 0.05) is 6.54 Å². The van der Waals surface area contributed by atoms with E-state index in [0.29, 0.717) is 12.3 Å². The van der Waals surface area contributed by atoms with Crippen LogP contribution in [0.4, 0.5) is 0 Å².